The summed E-state index contributed by atoms with van der Waals surface area (Å²) in [6, 6.07) is 5.46. The smallest absolute Gasteiger partial charge is 0.410 e. The Morgan fingerprint density at radius 3 is 1.36 bits per heavy atom. The molecule has 5 rings (SSSR count). The number of carboxylic acids is 1. The van der Waals surface area contributed by atoms with Crippen LogP contribution >= 0.6 is 0 Å². The van der Waals surface area contributed by atoms with Crippen molar-refractivity contribution in [2.45, 2.75) is 140 Å². The predicted molar refractivity (Wildman–Crippen MR) is 160 cm³/mol. The number of carbonyl (C=O) groups is 3. The highest BCUT2D eigenvalue weighted by molar-refractivity contribution is 5.87. The molecule has 44 heavy (non-hydrogen) atoms. The van der Waals surface area contributed by atoms with Crippen molar-refractivity contribution in [2.75, 3.05) is 0 Å². The molecular weight excluding hydrogens is 574 g/mol. The molecule has 0 aliphatic carbocycles. The summed E-state index contributed by atoms with van der Waals surface area (Å²) in [6.45, 7) is 7.47. The van der Waals surface area contributed by atoms with Crippen LogP contribution in [0.2, 0.25) is 0 Å². The Kier molecular flexibility index (Phi) is 12.8. The minimum Gasteiger partial charge on any atom is -0.478 e. The molecule has 0 aromatic heterocycles. The number of nitro benzene ring substituents is 1. The minimum absolute atomic E-state index is 0.0422. The van der Waals surface area contributed by atoms with E-state index < -0.39 is 10.9 Å². The number of rotatable bonds is 4. The van der Waals surface area contributed by atoms with Gasteiger partial charge in [-0.05, 0) is 104 Å². The van der Waals surface area contributed by atoms with Crippen LogP contribution in [0.1, 0.15) is 102 Å². The van der Waals surface area contributed by atoms with E-state index in [0.29, 0.717) is 25.7 Å². The number of nitrogens with zero attached hydrogens (tertiary/aromatic N) is 3. The number of aliphatic hydroxyl groups is 2. The first kappa shape index (κ1) is 35.0. The van der Waals surface area contributed by atoms with Crippen molar-refractivity contribution in [1.29, 1.82) is 0 Å². The molecule has 4 heterocycles. The lowest BCUT2D eigenvalue weighted by atomic mass is 9.83. The van der Waals surface area contributed by atoms with Crippen molar-refractivity contribution in [3.63, 3.8) is 0 Å². The molecule has 0 radical (unpaired) electrons. The first-order valence-electron chi connectivity index (χ1n) is 15.6. The van der Waals surface area contributed by atoms with Crippen LogP contribution in [-0.2, 0) is 9.47 Å². The molecule has 2 amide bonds. The normalized spacial score (nSPS) is 27.3. The van der Waals surface area contributed by atoms with E-state index in [4.69, 9.17) is 14.6 Å². The van der Waals surface area contributed by atoms with Gasteiger partial charge in [0.05, 0.1) is 34.9 Å². The zero-order chi connectivity index (χ0) is 32.6. The molecule has 0 spiro atoms. The highest BCUT2D eigenvalue weighted by Gasteiger charge is 2.42. The van der Waals surface area contributed by atoms with Gasteiger partial charge in [-0.25, -0.2) is 14.4 Å². The first-order valence-corrected chi connectivity index (χ1v) is 15.6. The van der Waals surface area contributed by atoms with Crippen LogP contribution in [-0.4, -0.2) is 96.8 Å². The van der Waals surface area contributed by atoms with Crippen LogP contribution in [0.4, 0.5) is 15.3 Å². The Morgan fingerprint density at radius 2 is 1.09 bits per heavy atom. The Hall–Kier alpha value is -3.45. The number of carbonyl (C=O) groups excluding carboxylic acids is 2. The summed E-state index contributed by atoms with van der Waals surface area (Å²) in [5.74, 6) is -1.09. The van der Waals surface area contributed by atoms with Crippen molar-refractivity contribution < 1.29 is 44.1 Å². The molecule has 1 aromatic carbocycles. The molecule has 13 nitrogen and oxygen atoms in total. The molecule has 3 N–H and O–H groups in total. The number of non-ortho nitro benzene ring substituents is 1. The lowest BCUT2D eigenvalue weighted by molar-refractivity contribution is -0.384. The van der Waals surface area contributed by atoms with Gasteiger partial charge in [-0.15, -0.1) is 0 Å². The minimum atomic E-state index is -1.09. The summed E-state index contributed by atoms with van der Waals surface area (Å²) in [5, 5.41) is 38.0. The maximum atomic E-state index is 12.0. The van der Waals surface area contributed by atoms with Gasteiger partial charge in [-0.3, -0.25) is 10.1 Å². The van der Waals surface area contributed by atoms with Gasteiger partial charge >= 0.3 is 18.2 Å². The fraction of sp³-hybridized carbons (Fsp3) is 0.710. The third kappa shape index (κ3) is 9.78. The summed E-state index contributed by atoms with van der Waals surface area (Å²) in [6.07, 6.45) is 8.16. The number of ether oxygens (including phenoxy) is 2. The predicted octanol–water partition coefficient (Wildman–Crippen LogP) is 5.11. The number of aromatic carboxylic acids is 1. The van der Waals surface area contributed by atoms with Crippen LogP contribution in [0.3, 0.4) is 0 Å². The molecule has 4 bridgehead atoms. The van der Waals surface area contributed by atoms with Gasteiger partial charge in [0.25, 0.3) is 5.69 Å². The second kappa shape index (κ2) is 16.0. The summed E-state index contributed by atoms with van der Waals surface area (Å²) >= 11 is 0. The van der Waals surface area contributed by atoms with Crippen LogP contribution in [0, 0.1) is 10.1 Å². The maximum absolute atomic E-state index is 12.0. The van der Waals surface area contributed by atoms with E-state index in [1.807, 2.05) is 37.5 Å². The fourth-order valence-corrected chi connectivity index (χ4v) is 6.55. The van der Waals surface area contributed by atoms with Crippen molar-refractivity contribution in [1.82, 2.24) is 9.80 Å². The molecule has 4 atom stereocenters. The van der Waals surface area contributed by atoms with Gasteiger partial charge in [0.2, 0.25) is 0 Å². The number of aliphatic hydroxyl groups excluding tert-OH is 2. The molecule has 1 aromatic rings. The molecule has 4 aliphatic rings. The average Bonchev–Trinajstić information content (AvgIpc) is 2.92. The van der Waals surface area contributed by atoms with E-state index in [-0.39, 0.29) is 72.0 Å². The van der Waals surface area contributed by atoms with Crippen LogP contribution < -0.4 is 0 Å². The Balaban J connectivity index is 0.000000183. The topological polar surface area (TPSA) is 180 Å². The van der Waals surface area contributed by atoms with Gasteiger partial charge in [0.15, 0.2) is 0 Å². The number of nitro groups is 1. The fourth-order valence-electron chi connectivity index (χ4n) is 6.55. The largest absolute Gasteiger partial charge is 0.478 e. The highest BCUT2D eigenvalue weighted by atomic mass is 16.6. The van der Waals surface area contributed by atoms with Crippen molar-refractivity contribution in [3.8, 4) is 0 Å². The van der Waals surface area contributed by atoms with E-state index in [2.05, 4.69) is 0 Å². The van der Waals surface area contributed by atoms with Crippen molar-refractivity contribution in [3.05, 3.63) is 39.9 Å². The number of hydrogen-bond acceptors (Lipinski definition) is 9. The van der Waals surface area contributed by atoms with E-state index in [1.165, 1.54) is 12.1 Å². The number of hydrogen-bond donors (Lipinski definition) is 3. The van der Waals surface area contributed by atoms with E-state index in [0.717, 1.165) is 50.7 Å². The molecule has 0 saturated carbocycles. The van der Waals surface area contributed by atoms with Crippen LogP contribution in [0.15, 0.2) is 24.3 Å². The van der Waals surface area contributed by atoms with Crippen LogP contribution in [0.5, 0.6) is 0 Å². The number of fused-ring (bicyclic) bond motifs is 4. The molecular formula is C31H47N3O10. The zero-order valence-electron chi connectivity index (χ0n) is 26.0. The third-order valence-corrected chi connectivity index (χ3v) is 8.32. The number of benzene rings is 1. The van der Waals surface area contributed by atoms with Crippen molar-refractivity contribution in [2.24, 2.45) is 0 Å². The van der Waals surface area contributed by atoms with Gasteiger partial charge in [0.1, 0.15) is 0 Å². The molecule has 4 saturated heterocycles. The maximum Gasteiger partial charge on any atom is 0.410 e. The second-order valence-electron chi connectivity index (χ2n) is 12.5. The molecule has 13 heteroatoms. The van der Waals surface area contributed by atoms with E-state index in [1.54, 1.807) is 0 Å². The summed E-state index contributed by atoms with van der Waals surface area (Å²) in [7, 11) is 0. The average molecular weight is 622 g/mol. The highest BCUT2D eigenvalue weighted by Crippen LogP contribution is 2.35. The van der Waals surface area contributed by atoms with Gasteiger partial charge in [0, 0.05) is 36.3 Å². The molecule has 4 unspecified atom stereocenters. The summed E-state index contributed by atoms with van der Waals surface area (Å²) in [4.78, 5) is 47.5. The SMILES string of the molecule is CC(C)OC(=O)N1C2CCCC1CC(O)C2.CC(C)OC(=O)N1C2CCCC1CC(O)C2.O=C(O)c1ccc([N+](=O)[O-])cc1. The second-order valence-corrected chi connectivity index (χ2v) is 12.5. The lowest BCUT2D eigenvalue weighted by Gasteiger charge is -2.47. The zero-order valence-corrected chi connectivity index (χ0v) is 26.0. The van der Waals surface area contributed by atoms with Crippen molar-refractivity contribution >= 4 is 23.8 Å². The van der Waals surface area contributed by atoms with E-state index >= 15 is 0 Å². The number of amides is 2. The van der Waals surface area contributed by atoms with Gasteiger partial charge in [-0.2, -0.15) is 0 Å². The lowest BCUT2D eigenvalue weighted by Crippen LogP contribution is -2.56. The van der Waals surface area contributed by atoms with E-state index in [9.17, 15) is 34.7 Å². The molecule has 4 aliphatic heterocycles. The first-order chi connectivity index (χ1) is 20.8. The Labute approximate surface area is 258 Å². The molecule has 4 fully saturated rings. The Morgan fingerprint density at radius 1 is 0.750 bits per heavy atom. The molecule has 246 valence electrons. The number of piperidine rings is 4. The van der Waals surface area contributed by atoms with Gasteiger partial charge in [-0.1, -0.05) is 0 Å². The quantitative estimate of drug-likeness (QED) is 0.302. The summed E-state index contributed by atoms with van der Waals surface area (Å²) in [5.41, 5.74) is -0.0689. The number of carboxylic acid groups (broad SMARTS) is 1. The van der Waals surface area contributed by atoms with Crippen LogP contribution in [0.25, 0.3) is 0 Å². The monoisotopic (exact) mass is 621 g/mol. The third-order valence-electron chi connectivity index (χ3n) is 8.32. The van der Waals surface area contributed by atoms with Gasteiger partial charge < -0.3 is 34.6 Å². The standard InChI is InChI=1S/2C12H21NO3.C7H5NO4/c2*1-8(2)16-12(15)13-9-4-3-5-10(13)7-11(14)6-9;9-7(10)5-1-3-6(4-2-5)8(11)12/h2*8-11,14H,3-7H2,1-2H3;1-4H,(H,9,10). The Bertz CT molecular complexity index is 1010. The summed E-state index contributed by atoms with van der Waals surface area (Å²) < 4.78 is 10.5.